The highest BCUT2D eigenvalue weighted by Crippen LogP contribution is 2.30. The smallest absolute Gasteiger partial charge is 0.249 e. The molecule has 1 aromatic heterocycles. The number of nitrogens with zero attached hydrogens (tertiary/aromatic N) is 5. The zero-order valence-corrected chi connectivity index (χ0v) is 20.0. The quantitative estimate of drug-likeness (QED) is 0.593. The molecule has 0 unspecified atom stereocenters. The van der Waals surface area contributed by atoms with Gasteiger partial charge in [-0.2, -0.15) is 5.10 Å². The Morgan fingerprint density at radius 2 is 1.97 bits per heavy atom. The van der Waals surface area contributed by atoms with Crippen molar-refractivity contribution in [3.05, 3.63) is 41.3 Å². The molecule has 0 spiro atoms. The number of hydrogen-bond donors (Lipinski definition) is 0. The van der Waals surface area contributed by atoms with E-state index in [9.17, 15) is 9.18 Å². The number of aryl methyl sites for hydroxylation is 1. The SMILES string of the molecule is CC[C@@H](C)N(Cc1c(C)nn(-c2cccc(F)c2)c1N1CCN(CC)CC1)C(=O)COC. The van der Waals surface area contributed by atoms with Gasteiger partial charge in [0.2, 0.25) is 5.91 Å². The molecule has 1 aliphatic heterocycles. The summed E-state index contributed by atoms with van der Waals surface area (Å²) in [6.45, 7) is 13.4. The standard InChI is InChI=1S/C24H36FN5O2/c1-6-18(3)29(23(31)17-32-5)16-22-19(4)26-30(21-10-8-9-20(25)15-21)24(22)28-13-11-27(7-2)12-14-28/h8-10,15,18H,6-7,11-14,16-17H2,1-5H3/t18-/m1/s1. The highest BCUT2D eigenvalue weighted by atomic mass is 19.1. The van der Waals surface area contributed by atoms with Crippen molar-refractivity contribution in [3.8, 4) is 5.69 Å². The number of hydrogen-bond acceptors (Lipinski definition) is 5. The Bertz CT molecular complexity index is 908. The number of ether oxygens (including phenoxy) is 1. The number of benzene rings is 1. The molecule has 1 atom stereocenters. The largest absolute Gasteiger partial charge is 0.375 e. The van der Waals surface area contributed by atoms with Gasteiger partial charge in [-0.15, -0.1) is 0 Å². The van der Waals surface area contributed by atoms with Crippen LogP contribution in [-0.2, 0) is 16.1 Å². The minimum Gasteiger partial charge on any atom is -0.375 e. The molecule has 8 heteroatoms. The van der Waals surface area contributed by atoms with Crippen LogP contribution in [0, 0.1) is 12.7 Å². The molecule has 1 aromatic carbocycles. The fraction of sp³-hybridized carbons (Fsp3) is 0.583. The molecule has 1 saturated heterocycles. The van der Waals surface area contributed by atoms with E-state index in [-0.39, 0.29) is 24.4 Å². The van der Waals surface area contributed by atoms with Crippen LogP contribution >= 0.6 is 0 Å². The van der Waals surface area contributed by atoms with Crippen LogP contribution in [0.3, 0.4) is 0 Å². The summed E-state index contributed by atoms with van der Waals surface area (Å²) in [5.74, 6) is 0.611. The Balaban J connectivity index is 2.05. The minimum atomic E-state index is -0.296. The van der Waals surface area contributed by atoms with Gasteiger partial charge in [-0.1, -0.05) is 19.9 Å². The predicted molar refractivity (Wildman–Crippen MR) is 125 cm³/mol. The van der Waals surface area contributed by atoms with E-state index in [4.69, 9.17) is 9.84 Å². The monoisotopic (exact) mass is 445 g/mol. The van der Waals surface area contributed by atoms with Gasteiger partial charge in [0, 0.05) is 44.9 Å². The summed E-state index contributed by atoms with van der Waals surface area (Å²) in [5.41, 5.74) is 2.54. The molecule has 1 amide bonds. The third-order valence-corrected chi connectivity index (χ3v) is 6.37. The first kappa shape index (κ1) is 24.2. The molecule has 3 rings (SSSR count). The lowest BCUT2D eigenvalue weighted by atomic mass is 10.1. The lowest BCUT2D eigenvalue weighted by molar-refractivity contribution is -0.138. The summed E-state index contributed by atoms with van der Waals surface area (Å²) in [5, 5.41) is 4.81. The number of piperazine rings is 1. The lowest BCUT2D eigenvalue weighted by Crippen LogP contribution is -2.47. The maximum atomic E-state index is 14.1. The van der Waals surface area contributed by atoms with Crippen LogP contribution in [-0.4, -0.2) is 78.0 Å². The highest BCUT2D eigenvalue weighted by Gasteiger charge is 2.28. The third kappa shape index (κ3) is 5.30. The van der Waals surface area contributed by atoms with E-state index >= 15 is 0 Å². The first-order chi connectivity index (χ1) is 15.4. The molecule has 32 heavy (non-hydrogen) atoms. The number of aromatic nitrogens is 2. The van der Waals surface area contributed by atoms with Gasteiger partial charge in [0.15, 0.2) is 0 Å². The normalized spacial score (nSPS) is 15.8. The number of carbonyl (C=O) groups excluding carboxylic acids is 1. The van der Waals surface area contributed by atoms with Crippen LogP contribution in [0.15, 0.2) is 24.3 Å². The van der Waals surface area contributed by atoms with Crippen molar-refractivity contribution < 1.29 is 13.9 Å². The first-order valence-electron chi connectivity index (χ1n) is 11.5. The molecule has 0 radical (unpaired) electrons. The fourth-order valence-electron chi connectivity index (χ4n) is 4.21. The van der Waals surface area contributed by atoms with E-state index in [2.05, 4.69) is 30.6 Å². The Morgan fingerprint density at radius 1 is 1.25 bits per heavy atom. The maximum Gasteiger partial charge on any atom is 0.249 e. The maximum absolute atomic E-state index is 14.1. The van der Waals surface area contributed by atoms with E-state index in [1.54, 1.807) is 13.2 Å². The molecule has 1 aliphatic rings. The lowest BCUT2D eigenvalue weighted by Gasteiger charge is -2.37. The highest BCUT2D eigenvalue weighted by molar-refractivity contribution is 5.78. The van der Waals surface area contributed by atoms with E-state index in [1.807, 2.05) is 22.6 Å². The summed E-state index contributed by atoms with van der Waals surface area (Å²) >= 11 is 0. The molecule has 176 valence electrons. The van der Waals surface area contributed by atoms with Crippen LogP contribution in [0.25, 0.3) is 5.69 Å². The summed E-state index contributed by atoms with van der Waals surface area (Å²) in [6.07, 6.45) is 0.844. The molecule has 0 aliphatic carbocycles. The zero-order valence-electron chi connectivity index (χ0n) is 20.0. The van der Waals surface area contributed by atoms with Crippen molar-refractivity contribution in [2.75, 3.05) is 51.3 Å². The van der Waals surface area contributed by atoms with Crippen molar-refractivity contribution in [2.24, 2.45) is 0 Å². The number of anilines is 1. The Labute approximate surface area is 190 Å². The second kappa shape index (κ2) is 10.9. The van der Waals surface area contributed by atoms with Crippen LogP contribution in [0.4, 0.5) is 10.2 Å². The van der Waals surface area contributed by atoms with Gasteiger partial charge in [0.25, 0.3) is 0 Å². The fourth-order valence-corrected chi connectivity index (χ4v) is 4.21. The average molecular weight is 446 g/mol. The van der Waals surface area contributed by atoms with Crippen LogP contribution in [0.5, 0.6) is 0 Å². The topological polar surface area (TPSA) is 53.8 Å². The van der Waals surface area contributed by atoms with Crippen molar-refractivity contribution in [1.29, 1.82) is 0 Å². The molecular weight excluding hydrogens is 409 g/mol. The van der Waals surface area contributed by atoms with Gasteiger partial charge in [-0.25, -0.2) is 9.07 Å². The Hall–Kier alpha value is -2.45. The summed E-state index contributed by atoms with van der Waals surface area (Å²) in [7, 11) is 1.54. The first-order valence-corrected chi connectivity index (χ1v) is 11.5. The number of halogens is 1. The van der Waals surface area contributed by atoms with Crippen molar-refractivity contribution >= 4 is 11.7 Å². The van der Waals surface area contributed by atoms with Crippen LogP contribution in [0.2, 0.25) is 0 Å². The van der Waals surface area contributed by atoms with Gasteiger partial charge < -0.3 is 19.4 Å². The number of methoxy groups -OCH3 is 1. The van der Waals surface area contributed by atoms with Crippen molar-refractivity contribution in [1.82, 2.24) is 19.6 Å². The molecule has 1 fully saturated rings. The van der Waals surface area contributed by atoms with E-state index in [1.165, 1.54) is 12.1 Å². The molecule has 0 saturated carbocycles. The minimum absolute atomic E-state index is 0.0403. The number of likely N-dealkylation sites (N-methyl/N-ethyl adjacent to an activating group) is 1. The van der Waals surface area contributed by atoms with E-state index in [0.29, 0.717) is 12.2 Å². The van der Waals surface area contributed by atoms with Gasteiger partial charge in [-0.05, 0) is 45.0 Å². The second-order valence-electron chi connectivity index (χ2n) is 8.41. The summed E-state index contributed by atoms with van der Waals surface area (Å²) in [4.78, 5) is 19.5. The second-order valence-corrected chi connectivity index (χ2v) is 8.41. The van der Waals surface area contributed by atoms with Gasteiger partial charge >= 0.3 is 0 Å². The summed E-state index contributed by atoms with van der Waals surface area (Å²) < 4.78 is 21.0. The Kier molecular flexibility index (Phi) is 8.26. The summed E-state index contributed by atoms with van der Waals surface area (Å²) in [6, 6.07) is 6.58. The zero-order chi connectivity index (χ0) is 23.3. The molecular formula is C24H36FN5O2. The van der Waals surface area contributed by atoms with Gasteiger partial charge in [0.1, 0.15) is 18.2 Å². The molecule has 2 aromatic rings. The number of amides is 1. The van der Waals surface area contributed by atoms with E-state index in [0.717, 1.165) is 56.2 Å². The third-order valence-electron chi connectivity index (χ3n) is 6.37. The van der Waals surface area contributed by atoms with Crippen LogP contribution < -0.4 is 4.90 Å². The molecule has 2 heterocycles. The van der Waals surface area contributed by atoms with Crippen molar-refractivity contribution in [3.63, 3.8) is 0 Å². The predicted octanol–water partition coefficient (Wildman–Crippen LogP) is 3.24. The van der Waals surface area contributed by atoms with Crippen LogP contribution in [0.1, 0.15) is 38.4 Å². The molecule has 7 nitrogen and oxygen atoms in total. The van der Waals surface area contributed by atoms with Gasteiger partial charge in [0.05, 0.1) is 17.9 Å². The van der Waals surface area contributed by atoms with E-state index < -0.39 is 0 Å². The number of carbonyl (C=O) groups is 1. The molecule has 0 bridgehead atoms. The number of rotatable bonds is 9. The van der Waals surface area contributed by atoms with Gasteiger partial charge in [-0.3, -0.25) is 4.79 Å². The molecule has 0 N–H and O–H groups in total. The average Bonchev–Trinajstić information content (AvgIpc) is 3.13. The Morgan fingerprint density at radius 3 is 2.56 bits per heavy atom. The van der Waals surface area contributed by atoms with Crippen molar-refractivity contribution in [2.45, 2.75) is 46.7 Å².